The summed E-state index contributed by atoms with van der Waals surface area (Å²) < 4.78 is 0. The number of nitrogens with zero attached hydrogens (tertiary/aromatic N) is 1. The number of fused-ring (bicyclic) bond motifs is 2. The maximum atomic E-state index is 12.7. The lowest BCUT2D eigenvalue weighted by Gasteiger charge is -2.21. The first-order valence-electron chi connectivity index (χ1n) is 6.96. The lowest BCUT2D eigenvalue weighted by Crippen LogP contribution is -2.30. The SMILES string of the molecule is CCc1ccc2c(c1)N(CC)C(=O)c1ccccc1S2. The molecular formula is C17H17NOS. The van der Waals surface area contributed by atoms with Crippen LogP contribution in [0.1, 0.15) is 29.8 Å². The number of benzene rings is 2. The molecule has 1 heterocycles. The van der Waals surface area contributed by atoms with Gasteiger partial charge in [0.1, 0.15) is 0 Å². The van der Waals surface area contributed by atoms with Crippen molar-refractivity contribution in [3.05, 3.63) is 53.6 Å². The highest BCUT2D eigenvalue weighted by Gasteiger charge is 2.25. The second-order valence-electron chi connectivity index (χ2n) is 4.80. The number of anilines is 1. The molecular weight excluding hydrogens is 266 g/mol. The van der Waals surface area contributed by atoms with Gasteiger partial charge >= 0.3 is 0 Å². The Morgan fingerprint density at radius 3 is 2.60 bits per heavy atom. The zero-order valence-corrected chi connectivity index (χ0v) is 12.5. The van der Waals surface area contributed by atoms with Crippen molar-refractivity contribution in [2.75, 3.05) is 11.4 Å². The summed E-state index contributed by atoms with van der Waals surface area (Å²) >= 11 is 1.68. The van der Waals surface area contributed by atoms with Gasteiger partial charge in [0.15, 0.2) is 0 Å². The molecule has 0 bridgehead atoms. The van der Waals surface area contributed by atoms with Crippen LogP contribution >= 0.6 is 11.8 Å². The predicted octanol–water partition coefficient (Wildman–Crippen LogP) is 4.38. The van der Waals surface area contributed by atoms with Gasteiger partial charge in [0, 0.05) is 16.3 Å². The van der Waals surface area contributed by atoms with E-state index in [4.69, 9.17) is 0 Å². The third-order valence-corrected chi connectivity index (χ3v) is 4.76. The van der Waals surface area contributed by atoms with E-state index in [0.717, 1.165) is 27.5 Å². The molecule has 0 radical (unpaired) electrons. The Bertz CT molecular complexity index is 666. The van der Waals surface area contributed by atoms with Gasteiger partial charge in [-0.05, 0) is 43.2 Å². The van der Waals surface area contributed by atoms with Gasteiger partial charge in [0.25, 0.3) is 5.91 Å². The molecule has 0 aliphatic carbocycles. The molecule has 1 aliphatic rings. The second kappa shape index (κ2) is 5.33. The molecule has 0 N–H and O–H groups in total. The van der Waals surface area contributed by atoms with E-state index >= 15 is 0 Å². The quantitative estimate of drug-likeness (QED) is 0.815. The number of rotatable bonds is 2. The van der Waals surface area contributed by atoms with Crippen molar-refractivity contribution in [3.63, 3.8) is 0 Å². The zero-order chi connectivity index (χ0) is 14.1. The minimum atomic E-state index is 0.0996. The molecule has 3 rings (SSSR count). The molecule has 0 fully saturated rings. The maximum absolute atomic E-state index is 12.7. The number of hydrogen-bond acceptors (Lipinski definition) is 2. The maximum Gasteiger partial charge on any atom is 0.259 e. The summed E-state index contributed by atoms with van der Waals surface area (Å²) in [4.78, 5) is 16.8. The highest BCUT2D eigenvalue weighted by atomic mass is 32.2. The van der Waals surface area contributed by atoms with E-state index in [-0.39, 0.29) is 5.91 Å². The molecule has 0 saturated heterocycles. The van der Waals surface area contributed by atoms with E-state index in [0.29, 0.717) is 6.54 Å². The Morgan fingerprint density at radius 1 is 1.05 bits per heavy atom. The van der Waals surface area contributed by atoms with Gasteiger partial charge in [-0.1, -0.05) is 36.9 Å². The standard InChI is InChI=1S/C17H17NOS/c1-3-12-9-10-16-14(11-12)18(4-2)17(19)13-7-5-6-8-15(13)20-16/h5-11H,3-4H2,1-2H3. The molecule has 2 aromatic carbocycles. The number of carbonyl (C=O) groups is 1. The molecule has 0 aromatic heterocycles. The van der Waals surface area contributed by atoms with Crippen LogP contribution in [-0.2, 0) is 6.42 Å². The smallest absolute Gasteiger partial charge is 0.259 e. The Hall–Kier alpha value is -1.74. The van der Waals surface area contributed by atoms with Crippen molar-refractivity contribution in [2.24, 2.45) is 0 Å². The fourth-order valence-electron chi connectivity index (χ4n) is 2.50. The van der Waals surface area contributed by atoms with E-state index in [1.807, 2.05) is 36.1 Å². The number of carbonyl (C=O) groups excluding carboxylic acids is 1. The highest BCUT2D eigenvalue weighted by molar-refractivity contribution is 7.99. The molecule has 3 heteroatoms. The Labute approximate surface area is 123 Å². The lowest BCUT2D eigenvalue weighted by molar-refractivity contribution is 0.0985. The summed E-state index contributed by atoms with van der Waals surface area (Å²) in [6, 6.07) is 14.3. The van der Waals surface area contributed by atoms with Crippen LogP contribution in [0.3, 0.4) is 0 Å². The first-order chi connectivity index (χ1) is 9.74. The van der Waals surface area contributed by atoms with Gasteiger partial charge in [0.05, 0.1) is 11.3 Å². The molecule has 1 amide bonds. The molecule has 1 aliphatic heterocycles. The summed E-state index contributed by atoms with van der Waals surface area (Å²) in [6.07, 6.45) is 0.983. The molecule has 2 aromatic rings. The number of aryl methyl sites for hydroxylation is 1. The van der Waals surface area contributed by atoms with E-state index in [1.165, 1.54) is 5.56 Å². The van der Waals surface area contributed by atoms with Crippen molar-refractivity contribution in [2.45, 2.75) is 30.1 Å². The van der Waals surface area contributed by atoms with Crippen molar-refractivity contribution < 1.29 is 4.79 Å². The molecule has 0 saturated carbocycles. The van der Waals surface area contributed by atoms with Crippen LogP contribution in [0.2, 0.25) is 0 Å². The number of hydrogen-bond donors (Lipinski definition) is 0. The van der Waals surface area contributed by atoms with E-state index < -0.39 is 0 Å². The van der Waals surface area contributed by atoms with Crippen LogP contribution in [0, 0.1) is 0 Å². The molecule has 0 atom stereocenters. The first-order valence-corrected chi connectivity index (χ1v) is 7.78. The summed E-state index contributed by atoms with van der Waals surface area (Å²) in [5, 5.41) is 0. The third kappa shape index (κ3) is 2.12. The largest absolute Gasteiger partial charge is 0.307 e. The van der Waals surface area contributed by atoms with Gasteiger partial charge in [-0.3, -0.25) is 4.79 Å². The zero-order valence-electron chi connectivity index (χ0n) is 11.7. The lowest BCUT2D eigenvalue weighted by atomic mass is 10.1. The van der Waals surface area contributed by atoms with E-state index in [9.17, 15) is 4.79 Å². The Morgan fingerprint density at radius 2 is 1.85 bits per heavy atom. The minimum Gasteiger partial charge on any atom is -0.307 e. The van der Waals surface area contributed by atoms with Gasteiger partial charge in [-0.25, -0.2) is 0 Å². The van der Waals surface area contributed by atoms with Crippen LogP contribution in [-0.4, -0.2) is 12.5 Å². The Balaban J connectivity index is 2.20. The van der Waals surface area contributed by atoms with Gasteiger partial charge in [-0.2, -0.15) is 0 Å². The topological polar surface area (TPSA) is 20.3 Å². The summed E-state index contributed by atoms with van der Waals surface area (Å²) in [5.41, 5.74) is 3.10. The van der Waals surface area contributed by atoms with Crippen molar-refractivity contribution >= 4 is 23.4 Å². The first kappa shape index (κ1) is 13.3. The van der Waals surface area contributed by atoms with E-state index in [1.54, 1.807) is 11.8 Å². The van der Waals surface area contributed by atoms with Gasteiger partial charge < -0.3 is 4.90 Å². The van der Waals surface area contributed by atoms with Crippen molar-refractivity contribution in [3.8, 4) is 0 Å². The van der Waals surface area contributed by atoms with Gasteiger partial charge in [-0.15, -0.1) is 0 Å². The van der Waals surface area contributed by atoms with E-state index in [2.05, 4.69) is 25.1 Å². The average molecular weight is 283 g/mol. The average Bonchev–Trinajstić information content (AvgIpc) is 2.60. The van der Waals surface area contributed by atoms with Gasteiger partial charge in [0.2, 0.25) is 0 Å². The fourth-order valence-corrected chi connectivity index (χ4v) is 3.56. The van der Waals surface area contributed by atoms with Crippen molar-refractivity contribution in [1.82, 2.24) is 0 Å². The third-order valence-electron chi connectivity index (χ3n) is 3.62. The number of amides is 1. The highest BCUT2D eigenvalue weighted by Crippen LogP contribution is 2.41. The second-order valence-corrected chi connectivity index (χ2v) is 5.89. The Kier molecular flexibility index (Phi) is 3.53. The molecule has 102 valence electrons. The van der Waals surface area contributed by atoms with Crippen LogP contribution in [0.15, 0.2) is 52.3 Å². The minimum absolute atomic E-state index is 0.0996. The van der Waals surface area contributed by atoms with Crippen LogP contribution in [0.4, 0.5) is 5.69 Å². The fraction of sp³-hybridized carbons (Fsp3) is 0.235. The predicted molar refractivity (Wildman–Crippen MR) is 83.7 cm³/mol. The summed E-state index contributed by atoms with van der Waals surface area (Å²) in [5.74, 6) is 0.0996. The van der Waals surface area contributed by atoms with Crippen LogP contribution in [0.25, 0.3) is 0 Å². The molecule has 0 unspecified atom stereocenters. The van der Waals surface area contributed by atoms with Crippen LogP contribution < -0.4 is 4.90 Å². The normalized spacial score (nSPS) is 13.7. The monoisotopic (exact) mass is 283 g/mol. The summed E-state index contributed by atoms with van der Waals surface area (Å²) in [6.45, 7) is 4.85. The molecule has 20 heavy (non-hydrogen) atoms. The van der Waals surface area contributed by atoms with Crippen molar-refractivity contribution in [1.29, 1.82) is 0 Å². The summed E-state index contributed by atoms with van der Waals surface area (Å²) in [7, 11) is 0. The molecule has 0 spiro atoms. The molecule has 2 nitrogen and oxygen atoms in total. The van der Waals surface area contributed by atoms with Crippen LogP contribution in [0.5, 0.6) is 0 Å².